The van der Waals surface area contributed by atoms with Gasteiger partial charge in [0.1, 0.15) is 5.76 Å². The van der Waals surface area contributed by atoms with Gasteiger partial charge in [-0.05, 0) is 36.4 Å². The Balaban J connectivity index is 1.65. The number of carbonyl (C=O) groups excluding carboxylic acids is 1. The molecule has 0 bridgehead atoms. The van der Waals surface area contributed by atoms with E-state index < -0.39 is 10.0 Å². The molecule has 1 aromatic carbocycles. The second-order valence-corrected chi connectivity index (χ2v) is 7.94. The van der Waals surface area contributed by atoms with Crippen molar-refractivity contribution in [3.05, 3.63) is 54.0 Å². The molecule has 1 aliphatic rings. The van der Waals surface area contributed by atoms with E-state index in [0.29, 0.717) is 11.3 Å². The van der Waals surface area contributed by atoms with Gasteiger partial charge in [-0.15, -0.1) is 0 Å². The number of rotatable bonds is 5. The third kappa shape index (κ3) is 4.28. The molecule has 0 spiro atoms. The molecule has 0 aliphatic carbocycles. The van der Waals surface area contributed by atoms with Crippen molar-refractivity contribution in [3.8, 4) is 0 Å². The maximum Gasteiger partial charge on any atom is 0.254 e. The molecule has 2 aromatic rings. The summed E-state index contributed by atoms with van der Waals surface area (Å²) >= 11 is 0. The Hall–Kier alpha value is -2.16. The maximum absolute atomic E-state index is 12.5. The monoisotopic (exact) mass is 364 g/mol. The number of nitrogens with zero attached hydrogens (tertiary/aromatic N) is 1. The molecule has 134 valence electrons. The van der Waals surface area contributed by atoms with Crippen LogP contribution in [-0.4, -0.2) is 52.5 Å². The molecule has 1 amide bonds. The zero-order valence-corrected chi connectivity index (χ0v) is 14.9. The van der Waals surface area contributed by atoms with Crippen LogP contribution < -0.4 is 9.62 Å². The first-order valence-electron chi connectivity index (χ1n) is 8.18. The molecule has 0 saturated carbocycles. The molecule has 1 saturated heterocycles. The number of benzene rings is 1. The molecule has 8 heteroatoms. The van der Waals surface area contributed by atoms with E-state index in [1.165, 1.54) is 23.3 Å². The molecule has 1 aliphatic heterocycles. The molecule has 7 nitrogen and oxygen atoms in total. The van der Waals surface area contributed by atoms with Crippen LogP contribution in [0.15, 0.2) is 52.0 Å². The van der Waals surface area contributed by atoms with Gasteiger partial charge < -0.3 is 14.2 Å². The summed E-state index contributed by atoms with van der Waals surface area (Å²) in [6.45, 7) is 3.37. The minimum Gasteiger partial charge on any atom is -0.468 e. The Morgan fingerprint density at radius 2 is 1.88 bits per heavy atom. The number of furan rings is 1. The van der Waals surface area contributed by atoms with Crippen LogP contribution in [0.3, 0.4) is 0 Å². The Morgan fingerprint density at radius 3 is 2.48 bits per heavy atom. The third-order valence-electron chi connectivity index (χ3n) is 4.33. The van der Waals surface area contributed by atoms with Gasteiger partial charge in [-0.3, -0.25) is 4.79 Å². The minimum atomic E-state index is -3.65. The van der Waals surface area contributed by atoms with Gasteiger partial charge in [0.05, 0.1) is 50.9 Å². The lowest BCUT2D eigenvalue weighted by atomic mass is 10.2. The molecule has 25 heavy (non-hydrogen) atoms. The largest absolute Gasteiger partial charge is 0.468 e. The number of carbonyl (C=O) groups is 1. The van der Waals surface area contributed by atoms with Crippen molar-refractivity contribution in [2.24, 2.45) is 0 Å². The molecular weight excluding hydrogens is 342 g/mol. The summed E-state index contributed by atoms with van der Waals surface area (Å²) in [4.78, 5) is 15.8. The SMILES string of the molecule is C[NH+]1CCN(C(=O)c2ccc(S(=O)(=O)NCc3ccco3)cc2)CC1. The van der Waals surface area contributed by atoms with Crippen molar-refractivity contribution in [1.82, 2.24) is 9.62 Å². The van der Waals surface area contributed by atoms with Crippen molar-refractivity contribution in [2.75, 3.05) is 33.2 Å². The number of likely N-dealkylation sites (N-methyl/N-ethyl adjacent to an activating group) is 1. The lowest BCUT2D eigenvalue weighted by Crippen LogP contribution is -3.12. The molecule has 2 N–H and O–H groups in total. The molecule has 2 heterocycles. The normalized spacial score (nSPS) is 16.1. The van der Waals surface area contributed by atoms with Crippen molar-refractivity contribution >= 4 is 15.9 Å². The van der Waals surface area contributed by atoms with Gasteiger partial charge >= 0.3 is 0 Å². The average molecular weight is 364 g/mol. The van der Waals surface area contributed by atoms with Crippen molar-refractivity contribution in [2.45, 2.75) is 11.4 Å². The van der Waals surface area contributed by atoms with Crippen LogP contribution >= 0.6 is 0 Å². The molecule has 0 radical (unpaired) electrons. The molecule has 1 aromatic heterocycles. The van der Waals surface area contributed by atoms with Crippen LogP contribution in [0.2, 0.25) is 0 Å². The van der Waals surface area contributed by atoms with Gasteiger partial charge in [0.25, 0.3) is 5.91 Å². The number of sulfonamides is 1. The van der Waals surface area contributed by atoms with Crippen molar-refractivity contribution < 1.29 is 22.5 Å². The molecule has 0 unspecified atom stereocenters. The predicted molar refractivity (Wildman–Crippen MR) is 91.7 cm³/mol. The summed E-state index contributed by atoms with van der Waals surface area (Å²) in [6.07, 6.45) is 1.49. The molecule has 1 fully saturated rings. The smallest absolute Gasteiger partial charge is 0.254 e. The summed E-state index contributed by atoms with van der Waals surface area (Å²) in [6, 6.07) is 9.44. The Bertz CT molecular complexity index is 808. The Morgan fingerprint density at radius 1 is 1.20 bits per heavy atom. The number of amides is 1. The van der Waals surface area contributed by atoms with Crippen LogP contribution in [0.5, 0.6) is 0 Å². The fourth-order valence-electron chi connectivity index (χ4n) is 2.71. The van der Waals surface area contributed by atoms with E-state index in [1.807, 2.05) is 4.90 Å². The quantitative estimate of drug-likeness (QED) is 0.765. The highest BCUT2D eigenvalue weighted by molar-refractivity contribution is 7.89. The van der Waals surface area contributed by atoms with Crippen molar-refractivity contribution in [1.29, 1.82) is 0 Å². The van der Waals surface area contributed by atoms with Crippen LogP contribution in [0.25, 0.3) is 0 Å². The van der Waals surface area contributed by atoms with Gasteiger partial charge in [-0.25, -0.2) is 13.1 Å². The summed E-state index contributed by atoms with van der Waals surface area (Å²) in [7, 11) is -1.54. The first-order valence-corrected chi connectivity index (χ1v) is 9.67. The fourth-order valence-corrected chi connectivity index (χ4v) is 3.71. The minimum absolute atomic E-state index is 0.0556. The van der Waals surface area contributed by atoms with Crippen molar-refractivity contribution in [3.63, 3.8) is 0 Å². The third-order valence-corrected chi connectivity index (χ3v) is 5.75. The summed E-state index contributed by atoms with van der Waals surface area (Å²) < 4.78 is 32.2. The Kier molecular flexibility index (Phi) is 5.22. The van der Waals surface area contributed by atoms with Gasteiger partial charge in [0, 0.05) is 5.56 Å². The fraction of sp³-hybridized carbons (Fsp3) is 0.353. The highest BCUT2D eigenvalue weighted by Gasteiger charge is 2.23. The van der Waals surface area contributed by atoms with E-state index in [9.17, 15) is 13.2 Å². The van der Waals surface area contributed by atoms with Crippen LogP contribution in [0, 0.1) is 0 Å². The van der Waals surface area contributed by atoms with Gasteiger partial charge in [0.2, 0.25) is 10.0 Å². The standard InChI is InChI=1S/C17H21N3O4S/c1-19-8-10-20(11-9-19)17(21)14-4-6-16(7-5-14)25(22,23)18-13-15-3-2-12-24-15/h2-7,12,18H,8-11,13H2,1H3/p+1. The predicted octanol–water partition coefficient (Wildman–Crippen LogP) is -0.271. The van der Waals surface area contributed by atoms with Gasteiger partial charge in [-0.2, -0.15) is 0 Å². The van der Waals surface area contributed by atoms with Crippen LogP contribution in [-0.2, 0) is 16.6 Å². The average Bonchev–Trinajstić information content (AvgIpc) is 3.14. The lowest BCUT2D eigenvalue weighted by Gasteiger charge is -2.30. The van der Waals surface area contributed by atoms with E-state index in [0.717, 1.165) is 26.2 Å². The van der Waals surface area contributed by atoms with E-state index in [1.54, 1.807) is 24.3 Å². The first-order chi connectivity index (χ1) is 12.0. The molecule has 3 rings (SSSR count). The van der Waals surface area contributed by atoms with Gasteiger partial charge in [0.15, 0.2) is 0 Å². The first kappa shape index (κ1) is 17.7. The number of hydrogen-bond donors (Lipinski definition) is 2. The van der Waals surface area contributed by atoms with Crippen LogP contribution in [0.1, 0.15) is 16.1 Å². The second-order valence-electron chi connectivity index (χ2n) is 6.18. The topological polar surface area (TPSA) is 84.1 Å². The van der Waals surface area contributed by atoms with Crippen LogP contribution in [0.4, 0.5) is 0 Å². The summed E-state index contributed by atoms with van der Waals surface area (Å²) in [5.74, 6) is 0.479. The molecule has 0 atom stereocenters. The maximum atomic E-state index is 12.5. The lowest BCUT2D eigenvalue weighted by molar-refractivity contribution is -0.883. The summed E-state index contributed by atoms with van der Waals surface area (Å²) in [5.41, 5.74) is 0.504. The molecular formula is C17H22N3O4S+. The highest BCUT2D eigenvalue weighted by atomic mass is 32.2. The van der Waals surface area contributed by atoms with Gasteiger partial charge in [-0.1, -0.05) is 0 Å². The highest BCUT2D eigenvalue weighted by Crippen LogP contribution is 2.13. The van der Waals surface area contributed by atoms with E-state index in [-0.39, 0.29) is 17.3 Å². The van der Waals surface area contributed by atoms with E-state index in [2.05, 4.69) is 11.8 Å². The zero-order chi connectivity index (χ0) is 17.9. The summed E-state index contributed by atoms with van der Waals surface area (Å²) in [5, 5.41) is 0. The number of hydrogen-bond acceptors (Lipinski definition) is 4. The Labute approximate surface area is 147 Å². The number of nitrogens with one attached hydrogen (secondary N) is 2. The van der Waals surface area contributed by atoms with E-state index >= 15 is 0 Å². The number of piperazine rings is 1. The number of quaternary nitrogens is 1. The zero-order valence-electron chi connectivity index (χ0n) is 14.1. The van der Waals surface area contributed by atoms with E-state index in [4.69, 9.17) is 4.42 Å². The second kappa shape index (κ2) is 7.38.